The summed E-state index contributed by atoms with van der Waals surface area (Å²) in [4.78, 5) is 11.3. The third kappa shape index (κ3) is 4.97. The zero-order valence-electron chi connectivity index (χ0n) is 14.5. The molecule has 1 amide bonds. The molecule has 0 unspecified atom stereocenters. The van der Waals surface area contributed by atoms with E-state index < -0.39 is 18.2 Å². The highest BCUT2D eigenvalue weighted by molar-refractivity contribution is 5.65. The zero-order valence-corrected chi connectivity index (χ0v) is 14.5. The number of rotatable bonds is 4. The Bertz CT molecular complexity index is 959. The Morgan fingerprint density at radius 1 is 0.778 bits per heavy atom. The van der Waals surface area contributed by atoms with Gasteiger partial charge in [-0.1, -0.05) is 72.5 Å². The van der Waals surface area contributed by atoms with E-state index in [1.807, 2.05) is 42.5 Å². The standard InChI is InChI=1S/C23H19NO3/c25-22(19-11-5-2-6-12-19)21(24-23(26)27)20-13-7-10-18(16-20)15-14-17-8-3-1-4-9-17/h1-13,16,21-22,24-25H,(H,26,27)/t21-,22-/m0/s1. The van der Waals surface area contributed by atoms with Crippen LogP contribution in [-0.2, 0) is 0 Å². The molecule has 0 aliphatic heterocycles. The first kappa shape index (κ1) is 18.2. The second-order valence-electron chi connectivity index (χ2n) is 6.02. The lowest BCUT2D eigenvalue weighted by atomic mass is 9.94. The molecule has 0 spiro atoms. The van der Waals surface area contributed by atoms with Gasteiger partial charge in [-0.2, -0.15) is 0 Å². The lowest BCUT2D eigenvalue weighted by Crippen LogP contribution is -2.31. The molecule has 0 saturated carbocycles. The number of hydrogen-bond donors (Lipinski definition) is 3. The molecular weight excluding hydrogens is 338 g/mol. The summed E-state index contributed by atoms with van der Waals surface area (Å²) in [6.07, 6.45) is -2.21. The van der Waals surface area contributed by atoms with Crippen molar-refractivity contribution in [1.82, 2.24) is 5.32 Å². The highest BCUT2D eigenvalue weighted by atomic mass is 16.4. The molecule has 3 rings (SSSR count). The summed E-state index contributed by atoms with van der Waals surface area (Å²) in [5.74, 6) is 6.16. The number of nitrogens with one attached hydrogen (secondary N) is 1. The van der Waals surface area contributed by atoms with Crippen molar-refractivity contribution in [2.75, 3.05) is 0 Å². The smallest absolute Gasteiger partial charge is 0.405 e. The van der Waals surface area contributed by atoms with Crippen molar-refractivity contribution in [2.24, 2.45) is 0 Å². The van der Waals surface area contributed by atoms with Gasteiger partial charge in [0.05, 0.1) is 6.04 Å². The van der Waals surface area contributed by atoms with Crippen LogP contribution in [0.4, 0.5) is 4.79 Å². The summed E-state index contributed by atoms with van der Waals surface area (Å²) in [6, 6.07) is 25.0. The number of aliphatic hydroxyl groups excluding tert-OH is 1. The van der Waals surface area contributed by atoms with Crippen LogP contribution in [0.1, 0.15) is 34.4 Å². The fraction of sp³-hybridized carbons (Fsp3) is 0.0870. The van der Waals surface area contributed by atoms with Crippen LogP contribution in [0.15, 0.2) is 84.9 Å². The SMILES string of the molecule is O=C(O)N[C@@H](c1cccc(C#Cc2ccccc2)c1)[C@@H](O)c1ccccc1. The Labute approximate surface area is 158 Å². The average Bonchev–Trinajstić information content (AvgIpc) is 2.71. The normalized spacial score (nSPS) is 12.3. The molecule has 3 aromatic carbocycles. The van der Waals surface area contributed by atoms with E-state index in [4.69, 9.17) is 0 Å². The molecule has 0 aliphatic carbocycles. The van der Waals surface area contributed by atoms with Crippen molar-refractivity contribution in [1.29, 1.82) is 0 Å². The van der Waals surface area contributed by atoms with E-state index >= 15 is 0 Å². The Hall–Kier alpha value is -3.55. The van der Waals surface area contributed by atoms with E-state index in [2.05, 4.69) is 17.2 Å². The van der Waals surface area contributed by atoms with E-state index in [0.717, 1.165) is 11.1 Å². The maximum absolute atomic E-state index is 11.3. The largest absolute Gasteiger partial charge is 0.465 e. The van der Waals surface area contributed by atoms with Gasteiger partial charge < -0.3 is 15.5 Å². The van der Waals surface area contributed by atoms with Gasteiger partial charge in [-0.25, -0.2) is 4.79 Å². The van der Waals surface area contributed by atoms with E-state index in [9.17, 15) is 15.0 Å². The summed E-state index contributed by atoms with van der Waals surface area (Å²) in [5.41, 5.74) is 2.92. The van der Waals surface area contributed by atoms with Crippen LogP contribution in [0.5, 0.6) is 0 Å². The molecule has 2 atom stereocenters. The predicted molar refractivity (Wildman–Crippen MR) is 104 cm³/mol. The Kier molecular flexibility index (Phi) is 5.88. The number of carboxylic acid groups (broad SMARTS) is 1. The van der Waals surface area contributed by atoms with E-state index in [1.54, 1.807) is 42.5 Å². The van der Waals surface area contributed by atoms with Crippen LogP contribution >= 0.6 is 0 Å². The van der Waals surface area contributed by atoms with Gasteiger partial charge in [-0.05, 0) is 35.4 Å². The van der Waals surface area contributed by atoms with Gasteiger partial charge in [0.25, 0.3) is 0 Å². The van der Waals surface area contributed by atoms with E-state index in [1.165, 1.54) is 0 Å². The van der Waals surface area contributed by atoms with Crippen LogP contribution in [0.3, 0.4) is 0 Å². The van der Waals surface area contributed by atoms with Crippen molar-refractivity contribution in [3.63, 3.8) is 0 Å². The third-order valence-corrected chi connectivity index (χ3v) is 4.11. The molecule has 3 N–H and O–H groups in total. The van der Waals surface area contributed by atoms with Gasteiger partial charge in [-0.15, -0.1) is 0 Å². The summed E-state index contributed by atoms with van der Waals surface area (Å²) < 4.78 is 0. The molecule has 3 aromatic rings. The Balaban J connectivity index is 1.91. The van der Waals surface area contributed by atoms with Crippen molar-refractivity contribution >= 4 is 6.09 Å². The van der Waals surface area contributed by atoms with Crippen LogP contribution in [0.2, 0.25) is 0 Å². The number of benzene rings is 3. The maximum atomic E-state index is 11.3. The van der Waals surface area contributed by atoms with Crippen LogP contribution < -0.4 is 5.32 Å². The molecule has 0 radical (unpaired) electrons. The number of aliphatic hydroxyl groups is 1. The Morgan fingerprint density at radius 3 is 2.00 bits per heavy atom. The predicted octanol–water partition coefficient (Wildman–Crippen LogP) is 4.13. The molecule has 0 heterocycles. The van der Waals surface area contributed by atoms with Gasteiger partial charge in [0, 0.05) is 11.1 Å². The number of hydrogen-bond acceptors (Lipinski definition) is 2. The van der Waals surface area contributed by atoms with Crippen LogP contribution in [-0.4, -0.2) is 16.3 Å². The summed E-state index contributed by atoms with van der Waals surface area (Å²) in [5, 5.41) is 22.3. The number of carbonyl (C=O) groups is 1. The lowest BCUT2D eigenvalue weighted by Gasteiger charge is -2.24. The molecule has 0 bridgehead atoms. The first-order valence-electron chi connectivity index (χ1n) is 8.53. The second-order valence-corrected chi connectivity index (χ2v) is 6.02. The highest BCUT2D eigenvalue weighted by Gasteiger charge is 2.24. The molecule has 0 aliphatic rings. The minimum absolute atomic E-state index is 0.636. The van der Waals surface area contributed by atoms with Crippen molar-refractivity contribution in [3.05, 3.63) is 107 Å². The topological polar surface area (TPSA) is 69.6 Å². The summed E-state index contributed by atoms with van der Waals surface area (Å²) in [7, 11) is 0. The molecule has 27 heavy (non-hydrogen) atoms. The maximum Gasteiger partial charge on any atom is 0.405 e. The molecule has 4 heteroatoms. The van der Waals surface area contributed by atoms with Gasteiger partial charge in [0.2, 0.25) is 0 Å². The third-order valence-electron chi connectivity index (χ3n) is 4.11. The fourth-order valence-electron chi connectivity index (χ4n) is 2.80. The van der Waals surface area contributed by atoms with Gasteiger partial charge in [0.15, 0.2) is 0 Å². The minimum atomic E-state index is -1.20. The minimum Gasteiger partial charge on any atom is -0.465 e. The van der Waals surface area contributed by atoms with Crippen molar-refractivity contribution in [3.8, 4) is 11.8 Å². The van der Waals surface area contributed by atoms with E-state index in [-0.39, 0.29) is 0 Å². The monoisotopic (exact) mass is 357 g/mol. The summed E-state index contributed by atoms with van der Waals surface area (Å²) >= 11 is 0. The fourth-order valence-corrected chi connectivity index (χ4v) is 2.80. The van der Waals surface area contributed by atoms with Gasteiger partial charge in [-0.3, -0.25) is 0 Å². The first-order valence-corrected chi connectivity index (χ1v) is 8.53. The molecule has 4 nitrogen and oxygen atoms in total. The molecule has 0 saturated heterocycles. The molecule has 134 valence electrons. The lowest BCUT2D eigenvalue weighted by molar-refractivity contribution is 0.120. The highest BCUT2D eigenvalue weighted by Crippen LogP contribution is 2.29. The molecule has 0 fully saturated rings. The van der Waals surface area contributed by atoms with E-state index in [0.29, 0.717) is 11.1 Å². The van der Waals surface area contributed by atoms with Gasteiger partial charge >= 0.3 is 6.09 Å². The van der Waals surface area contributed by atoms with Gasteiger partial charge in [0.1, 0.15) is 6.10 Å². The average molecular weight is 357 g/mol. The Morgan fingerprint density at radius 2 is 1.33 bits per heavy atom. The van der Waals surface area contributed by atoms with Crippen molar-refractivity contribution in [2.45, 2.75) is 12.1 Å². The molecular formula is C23H19NO3. The quantitative estimate of drug-likeness (QED) is 0.615. The molecule has 0 aromatic heterocycles. The van der Waals surface area contributed by atoms with Crippen LogP contribution in [0.25, 0.3) is 0 Å². The van der Waals surface area contributed by atoms with Crippen LogP contribution in [0, 0.1) is 11.8 Å². The number of amides is 1. The first-order chi connectivity index (χ1) is 13.1. The summed E-state index contributed by atoms with van der Waals surface area (Å²) in [6.45, 7) is 0. The van der Waals surface area contributed by atoms with Crippen molar-refractivity contribution < 1.29 is 15.0 Å². The second kappa shape index (κ2) is 8.70. The zero-order chi connectivity index (χ0) is 19.1.